The number of aliphatic hydroxyl groups is 1. The van der Waals surface area contributed by atoms with E-state index in [4.69, 9.17) is 22.3 Å². The molecule has 2 fully saturated rings. The van der Waals surface area contributed by atoms with E-state index in [2.05, 4.69) is 15.3 Å². The van der Waals surface area contributed by atoms with Crippen molar-refractivity contribution < 1.29 is 9.90 Å². The summed E-state index contributed by atoms with van der Waals surface area (Å²) in [6, 6.07) is 7.84. The number of aromatic nitrogens is 4. The zero-order chi connectivity index (χ0) is 25.0. The molecule has 1 amide bonds. The summed E-state index contributed by atoms with van der Waals surface area (Å²) in [4.78, 5) is 29.0. The van der Waals surface area contributed by atoms with E-state index in [1.807, 2.05) is 40.5 Å². The molecular weight excluding hydrogens is 498 g/mol. The van der Waals surface area contributed by atoms with Crippen LogP contribution in [0, 0.1) is 6.92 Å². The molecule has 11 heteroatoms. The van der Waals surface area contributed by atoms with Gasteiger partial charge >= 0.3 is 0 Å². The molecule has 5 heterocycles. The van der Waals surface area contributed by atoms with Gasteiger partial charge in [-0.25, -0.2) is 15.0 Å². The van der Waals surface area contributed by atoms with Gasteiger partial charge in [0.1, 0.15) is 28.0 Å². The number of nitrogens with zero attached hydrogens (tertiary/aromatic N) is 5. The highest BCUT2D eigenvalue weighted by Crippen LogP contribution is 2.39. The maximum absolute atomic E-state index is 12.4. The molecule has 4 N–H and O–H groups in total. The van der Waals surface area contributed by atoms with Crippen LogP contribution in [0.15, 0.2) is 36.7 Å². The molecule has 3 aromatic heterocycles. The van der Waals surface area contributed by atoms with E-state index in [0.717, 1.165) is 35.5 Å². The van der Waals surface area contributed by atoms with Crippen LogP contribution in [0.3, 0.4) is 0 Å². The maximum atomic E-state index is 12.4. The number of imidazole rings is 1. The Morgan fingerprint density at radius 3 is 2.75 bits per heavy atom. The number of thiazole rings is 1. The minimum atomic E-state index is -0.895. The summed E-state index contributed by atoms with van der Waals surface area (Å²) in [6.07, 6.45) is 5.85. The number of carbonyl (C=O) groups is 1. The average molecular weight is 524 g/mol. The predicted molar refractivity (Wildman–Crippen MR) is 140 cm³/mol. The summed E-state index contributed by atoms with van der Waals surface area (Å²) >= 11 is 8.10. The Hall–Kier alpha value is -3.21. The molecule has 2 aliphatic rings. The smallest absolute Gasteiger partial charge is 0.222 e. The van der Waals surface area contributed by atoms with E-state index in [1.54, 1.807) is 6.20 Å². The van der Waals surface area contributed by atoms with Crippen molar-refractivity contribution in [2.45, 2.75) is 50.8 Å². The van der Waals surface area contributed by atoms with Gasteiger partial charge in [0.15, 0.2) is 11.4 Å². The number of fused-ring (bicyclic) bond motifs is 2. The summed E-state index contributed by atoms with van der Waals surface area (Å²) < 4.78 is 1.87. The maximum Gasteiger partial charge on any atom is 0.222 e. The highest BCUT2D eigenvalue weighted by atomic mass is 35.5. The molecule has 0 spiro atoms. The zero-order valence-corrected chi connectivity index (χ0v) is 21.3. The number of nitrogens with one attached hydrogen (secondary N) is 1. The fourth-order valence-corrected chi connectivity index (χ4v) is 6.24. The first-order chi connectivity index (χ1) is 17.4. The van der Waals surface area contributed by atoms with Crippen molar-refractivity contribution in [2.75, 3.05) is 17.6 Å². The Labute approximate surface area is 217 Å². The minimum Gasteiger partial charge on any atom is -0.382 e. The van der Waals surface area contributed by atoms with Crippen molar-refractivity contribution in [1.82, 2.24) is 24.3 Å². The fourth-order valence-electron chi connectivity index (χ4n) is 5.33. The molecule has 1 aromatic carbocycles. The summed E-state index contributed by atoms with van der Waals surface area (Å²) in [7, 11) is 0. The van der Waals surface area contributed by atoms with E-state index in [-0.39, 0.29) is 11.8 Å². The lowest BCUT2D eigenvalue weighted by molar-refractivity contribution is -0.130. The van der Waals surface area contributed by atoms with E-state index >= 15 is 0 Å². The number of carbonyl (C=O) groups excluding carboxylic acids is 1. The minimum absolute atomic E-state index is 0.0518. The van der Waals surface area contributed by atoms with Crippen molar-refractivity contribution in [3.05, 3.63) is 58.1 Å². The fraction of sp³-hybridized carbons (Fsp3) is 0.360. The van der Waals surface area contributed by atoms with E-state index in [1.165, 1.54) is 17.5 Å². The van der Waals surface area contributed by atoms with Crippen molar-refractivity contribution in [1.29, 1.82) is 0 Å². The molecule has 9 nitrogen and oxygen atoms in total. The summed E-state index contributed by atoms with van der Waals surface area (Å²) in [5, 5.41) is 14.7. The number of nitrogen functional groups attached to an aromatic ring is 1. The number of anilines is 2. The normalized spacial score (nSPS) is 20.6. The van der Waals surface area contributed by atoms with E-state index in [0.29, 0.717) is 51.9 Å². The number of rotatable bonds is 5. The van der Waals surface area contributed by atoms with Crippen LogP contribution in [0.5, 0.6) is 0 Å². The third-order valence-electron chi connectivity index (χ3n) is 7.13. The van der Waals surface area contributed by atoms with Crippen LogP contribution in [0.4, 0.5) is 10.9 Å². The number of aryl methyl sites for hydroxylation is 1. The number of hydrogen-bond acceptors (Lipinski definition) is 8. The number of nitrogens with two attached hydrogens (primary N) is 1. The molecule has 36 heavy (non-hydrogen) atoms. The number of aliphatic hydroxyl groups excluding tert-OH is 1. The SMILES string of the molecule is Cc1cnc(NC(O)c2ccc(-c3nc(C4CCC5CCC(=O)N5C4)n4c(Cl)cnc(N)c34)cc2)s1. The van der Waals surface area contributed by atoms with Crippen LogP contribution in [0.2, 0.25) is 5.15 Å². The van der Waals surface area contributed by atoms with Gasteiger partial charge in [-0.15, -0.1) is 11.3 Å². The first kappa shape index (κ1) is 23.2. The van der Waals surface area contributed by atoms with Gasteiger partial charge < -0.3 is 21.1 Å². The van der Waals surface area contributed by atoms with Crippen LogP contribution in [-0.4, -0.2) is 47.9 Å². The summed E-state index contributed by atoms with van der Waals surface area (Å²) in [6.45, 7) is 2.60. The van der Waals surface area contributed by atoms with Gasteiger partial charge in [-0.2, -0.15) is 0 Å². The second-order valence-electron chi connectivity index (χ2n) is 9.43. The van der Waals surface area contributed by atoms with Gasteiger partial charge in [0.2, 0.25) is 5.91 Å². The predicted octanol–water partition coefficient (Wildman–Crippen LogP) is 4.37. The standard InChI is InChI=1S/C25H26ClN7O2S/c1-13-10-29-25(36-13)31-24(35)15-4-2-14(3-5-15)20-21-22(27)28-11-18(26)33(21)23(30-20)16-6-7-17-8-9-19(34)32(17)12-16/h2-5,10-11,16-17,24,35H,6-9,12H2,1H3,(H2,27,28)(H,29,31). The zero-order valence-electron chi connectivity index (χ0n) is 19.7. The lowest BCUT2D eigenvalue weighted by Crippen LogP contribution is -2.41. The number of hydrogen-bond donors (Lipinski definition) is 3. The molecule has 0 saturated carbocycles. The summed E-state index contributed by atoms with van der Waals surface area (Å²) in [5.41, 5.74) is 9.19. The van der Waals surface area contributed by atoms with Gasteiger partial charge in [0, 0.05) is 47.1 Å². The number of halogens is 1. The van der Waals surface area contributed by atoms with Crippen LogP contribution >= 0.6 is 22.9 Å². The molecule has 3 unspecified atom stereocenters. The number of amides is 1. The molecule has 0 bridgehead atoms. The molecule has 3 atom stereocenters. The van der Waals surface area contributed by atoms with Gasteiger partial charge in [-0.05, 0) is 26.2 Å². The molecule has 2 aliphatic heterocycles. The van der Waals surface area contributed by atoms with Crippen LogP contribution in [0.25, 0.3) is 16.8 Å². The Bertz CT molecular complexity index is 1450. The van der Waals surface area contributed by atoms with Gasteiger partial charge in [-0.1, -0.05) is 35.9 Å². The second kappa shape index (κ2) is 9.02. The Morgan fingerprint density at radius 1 is 1.19 bits per heavy atom. The van der Waals surface area contributed by atoms with Crippen molar-refractivity contribution in [3.8, 4) is 11.3 Å². The first-order valence-corrected chi connectivity index (χ1v) is 13.2. The quantitative estimate of drug-likeness (QED) is 0.332. The first-order valence-electron chi connectivity index (χ1n) is 12.0. The molecule has 0 aliphatic carbocycles. The highest BCUT2D eigenvalue weighted by molar-refractivity contribution is 7.15. The molecule has 186 valence electrons. The summed E-state index contributed by atoms with van der Waals surface area (Å²) in [5.74, 6) is 1.40. The van der Waals surface area contributed by atoms with Gasteiger partial charge in [-0.3, -0.25) is 9.20 Å². The van der Waals surface area contributed by atoms with Gasteiger partial charge in [0.05, 0.1) is 6.20 Å². The van der Waals surface area contributed by atoms with Crippen molar-refractivity contribution in [2.24, 2.45) is 0 Å². The highest BCUT2D eigenvalue weighted by Gasteiger charge is 2.38. The van der Waals surface area contributed by atoms with E-state index in [9.17, 15) is 9.90 Å². The monoisotopic (exact) mass is 523 g/mol. The average Bonchev–Trinajstić information content (AvgIpc) is 3.59. The third-order valence-corrected chi connectivity index (χ3v) is 8.24. The molecule has 6 rings (SSSR count). The second-order valence-corrected chi connectivity index (χ2v) is 11.0. The van der Waals surface area contributed by atoms with Crippen LogP contribution in [0.1, 0.15) is 54.1 Å². The molecule has 2 saturated heterocycles. The largest absolute Gasteiger partial charge is 0.382 e. The lowest BCUT2D eigenvalue weighted by atomic mass is 9.92. The molecule has 0 radical (unpaired) electrons. The molecule has 4 aromatic rings. The number of piperidine rings is 1. The Balaban J connectivity index is 1.35. The topological polar surface area (TPSA) is 122 Å². The van der Waals surface area contributed by atoms with Gasteiger partial charge in [0.25, 0.3) is 0 Å². The van der Waals surface area contributed by atoms with Crippen molar-refractivity contribution in [3.63, 3.8) is 0 Å². The molecular formula is C25H26ClN7O2S. The van der Waals surface area contributed by atoms with E-state index < -0.39 is 6.23 Å². The lowest BCUT2D eigenvalue weighted by Gasteiger charge is -2.34. The number of benzene rings is 1. The van der Waals surface area contributed by atoms with Crippen molar-refractivity contribution >= 4 is 45.3 Å². The third kappa shape index (κ3) is 3.99. The van der Waals surface area contributed by atoms with Crippen LogP contribution in [-0.2, 0) is 4.79 Å². The Kier molecular flexibility index (Phi) is 5.82. The Morgan fingerprint density at radius 2 is 2.00 bits per heavy atom. The van der Waals surface area contributed by atoms with Crippen LogP contribution < -0.4 is 11.1 Å².